The highest BCUT2D eigenvalue weighted by molar-refractivity contribution is 5.96. The van der Waals surface area contributed by atoms with Gasteiger partial charge in [-0.05, 0) is 50.4 Å². The van der Waals surface area contributed by atoms with E-state index in [1.165, 1.54) is 0 Å². The first-order valence-electron chi connectivity index (χ1n) is 8.03. The third kappa shape index (κ3) is 5.52. The number of amides is 2. The fourth-order valence-electron chi connectivity index (χ4n) is 2.66. The zero-order chi connectivity index (χ0) is 15.9. The van der Waals surface area contributed by atoms with Gasteiger partial charge in [0.2, 0.25) is 11.8 Å². The Kier molecular flexibility index (Phi) is 8.06. The summed E-state index contributed by atoms with van der Waals surface area (Å²) in [4.78, 5) is 24.1. The molecular formula is C17H26ClN3O2. The van der Waals surface area contributed by atoms with E-state index in [1.54, 1.807) is 0 Å². The first-order valence-corrected chi connectivity index (χ1v) is 8.03. The molecule has 1 fully saturated rings. The molecule has 1 atom stereocenters. The van der Waals surface area contributed by atoms with Crippen LogP contribution in [0.1, 0.15) is 38.2 Å². The molecule has 0 spiro atoms. The van der Waals surface area contributed by atoms with Crippen molar-refractivity contribution in [1.29, 1.82) is 0 Å². The summed E-state index contributed by atoms with van der Waals surface area (Å²) < 4.78 is 0. The molecule has 0 saturated carbocycles. The highest BCUT2D eigenvalue weighted by Crippen LogP contribution is 2.24. The second-order valence-electron chi connectivity index (χ2n) is 5.81. The first-order chi connectivity index (χ1) is 10.6. The summed E-state index contributed by atoms with van der Waals surface area (Å²) >= 11 is 0. The lowest BCUT2D eigenvalue weighted by Crippen LogP contribution is -2.37. The highest BCUT2D eigenvalue weighted by Gasteiger charge is 2.21. The van der Waals surface area contributed by atoms with E-state index in [1.807, 2.05) is 32.0 Å². The molecule has 3 N–H and O–H groups in total. The van der Waals surface area contributed by atoms with Gasteiger partial charge in [0.25, 0.3) is 0 Å². The van der Waals surface area contributed by atoms with Crippen LogP contribution in [0, 0.1) is 12.8 Å². The molecule has 0 aromatic heterocycles. The Labute approximate surface area is 144 Å². The van der Waals surface area contributed by atoms with Crippen LogP contribution in [-0.4, -0.2) is 24.9 Å². The topological polar surface area (TPSA) is 70.2 Å². The summed E-state index contributed by atoms with van der Waals surface area (Å²) in [6, 6.07) is 5.59. The number of rotatable bonds is 5. The van der Waals surface area contributed by atoms with Crippen LogP contribution >= 0.6 is 12.4 Å². The molecule has 0 radical (unpaired) electrons. The van der Waals surface area contributed by atoms with Crippen LogP contribution in [0.4, 0.5) is 11.4 Å². The minimum atomic E-state index is 0. The van der Waals surface area contributed by atoms with E-state index in [4.69, 9.17) is 0 Å². The summed E-state index contributed by atoms with van der Waals surface area (Å²) in [7, 11) is 0. The fraction of sp³-hybridized carbons (Fsp3) is 0.529. The Bertz CT molecular complexity index is 543. The van der Waals surface area contributed by atoms with Crippen LogP contribution in [0.15, 0.2) is 18.2 Å². The van der Waals surface area contributed by atoms with E-state index in [0.29, 0.717) is 6.42 Å². The van der Waals surface area contributed by atoms with Gasteiger partial charge < -0.3 is 16.0 Å². The SMILES string of the molecule is CCCC(=O)Nc1cccc(NC(=O)C2CCCNC2)c1C.Cl. The number of nitrogens with one attached hydrogen (secondary N) is 3. The Hall–Kier alpha value is -1.59. The van der Waals surface area contributed by atoms with Gasteiger partial charge in [-0.15, -0.1) is 12.4 Å². The van der Waals surface area contributed by atoms with Crippen molar-refractivity contribution in [2.24, 2.45) is 5.92 Å². The molecule has 2 rings (SSSR count). The second kappa shape index (κ2) is 9.53. The summed E-state index contributed by atoms with van der Waals surface area (Å²) in [6.45, 7) is 5.61. The van der Waals surface area contributed by atoms with E-state index in [9.17, 15) is 9.59 Å². The summed E-state index contributed by atoms with van der Waals surface area (Å²) in [6.07, 6.45) is 3.27. The van der Waals surface area contributed by atoms with Crippen molar-refractivity contribution in [2.75, 3.05) is 23.7 Å². The first kappa shape index (κ1) is 19.5. The van der Waals surface area contributed by atoms with Crippen molar-refractivity contribution < 1.29 is 9.59 Å². The average molecular weight is 340 g/mol. The molecule has 23 heavy (non-hydrogen) atoms. The smallest absolute Gasteiger partial charge is 0.228 e. The van der Waals surface area contributed by atoms with Crippen molar-refractivity contribution in [3.63, 3.8) is 0 Å². The summed E-state index contributed by atoms with van der Waals surface area (Å²) in [5, 5.41) is 9.15. The normalized spacial score (nSPS) is 17.0. The van der Waals surface area contributed by atoms with Crippen molar-refractivity contribution >= 4 is 35.6 Å². The molecule has 1 aliphatic rings. The number of anilines is 2. The van der Waals surface area contributed by atoms with E-state index in [-0.39, 0.29) is 30.1 Å². The number of hydrogen-bond donors (Lipinski definition) is 3. The van der Waals surface area contributed by atoms with Gasteiger partial charge in [0.1, 0.15) is 0 Å². The molecule has 0 bridgehead atoms. The van der Waals surface area contributed by atoms with Crippen LogP contribution in [0.5, 0.6) is 0 Å². The lowest BCUT2D eigenvalue weighted by atomic mass is 9.98. The Morgan fingerprint density at radius 2 is 1.96 bits per heavy atom. The maximum atomic E-state index is 12.3. The van der Waals surface area contributed by atoms with Gasteiger partial charge in [-0.3, -0.25) is 9.59 Å². The minimum Gasteiger partial charge on any atom is -0.326 e. The lowest BCUT2D eigenvalue weighted by molar-refractivity contribution is -0.120. The molecule has 5 nitrogen and oxygen atoms in total. The second-order valence-corrected chi connectivity index (χ2v) is 5.81. The standard InChI is InChI=1S/C17H25N3O2.ClH/c1-3-6-16(21)19-14-8-4-9-15(12(14)2)20-17(22)13-7-5-10-18-11-13;/h4,8-9,13,18H,3,5-7,10-11H2,1-2H3,(H,19,21)(H,20,22);1H. The van der Waals surface area contributed by atoms with Gasteiger partial charge in [-0.2, -0.15) is 0 Å². The molecule has 128 valence electrons. The predicted octanol–water partition coefficient (Wildman–Crippen LogP) is 3.09. The largest absolute Gasteiger partial charge is 0.326 e. The van der Waals surface area contributed by atoms with Gasteiger partial charge in [-0.1, -0.05) is 13.0 Å². The average Bonchev–Trinajstić information content (AvgIpc) is 2.52. The number of carbonyl (C=O) groups excluding carboxylic acids is 2. The minimum absolute atomic E-state index is 0. The van der Waals surface area contributed by atoms with E-state index in [2.05, 4.69) is 16.0 Å². The van der Waals surface area contributed by atoms with Gasteiger partial charge in [0.15, 0.2) is 0 Å². The predicted molar refractivity (Wildman–Crippen MR) is 96.2 cm³/mol. The van der Waals surface area contributed by atoms with Crippen molar-refractivity contribution in [3.8, 4) is 0 Å². The number of benzene rings is 1. The maximum absolute atomic E-state index is 12.3. The van der Waals surface area contributed by atoms with Crippen molar-refractivity contribution in [2.45, 2.75) is 39.5 Å². The van der Waals surface area contributed by atoms with E-state index in [0.717, 1.165) is 49.3 Å². The molecule has 2 amide bonds. The molecule has 1 aromatic rings. The zero-order valence-corrected chi connectivity index (χ0v) is 14.6. The molecule has 6 heteroatoms. The fourth-order valence-corrected chi connectivity index (χ4v) is 2.66. The van der Waals surface area contributed by atoms with Crippen LogP contribution in [0.25, 0.3) is 0 Å². The third-order valence-corrected chi connectivity index (χ3v) is 4.01. The quantitative estimate of drug-likeness (QED) is 0.772. The van der Waals surface area contributed by atoms with Crippen LogP contribution < -0.4 is 16.0 Å². The van der Waals surface area contributed by atoms with Crippen molar-refractivity contribution in [1.82, 2.24) is 5.32 Å². The molecule has 1 aromatic carbocycles. The lowest BCUT2D eigenvalue weighted by Gasteiger charge is -2.22. The molecule has 0 aliphatic carbocycles. The van der Waals surface area contributed by atoms with Crippen LogP contribution in [-0.2, 0) is 9.59 Å². The third-order valence-electron chi connectivity index (χ3n) is 4.01. The number of hydrogen-bond acceptors (Lipinski definition) is 3. The number of carbonyl (C=O) groups is 2. The summed E-state index contributed by atoms with van der Waals surface area (Å²) in [5.74, 6) is 0.0735. The van der Waals surface area contributed by atoms with Gasteiger partial charge in [0.05, 0.1) is 5.92 Å². The number of piperidine rings is 1. The van der Waals surface area contributed by atoms with E-state index >= 15 is 0 Å². The Morgan fingerprint density at radius 3 is 2.57 bits per heavy atom. The highest BCUT2D eigenvalue weighted by atomic mass is 35.5. The Balaban J connectivity index is 0.00000264. The van der Waals surface area contributed by atoms with Gasteiger partial charge in [-0.25, -0.2) is 0 Å². The molecule has 1 aliphatic heterocycles. The monoisotopic (exact) mass is 339 g/mol. The molecule has 1 heterocycles. The van der Waals surface area contributed by atoms with Gasteiger partial charge >= 0.3 is 0 Å². The van der Waals surface area contributed by atoms with Crippen molar-refractivity contribution in [3.05, 3.63) is 23.8 Å². The molecule has 1 saturated heterocycles. The molecule has 1 unspecified atom stereocenters. The van der Waals surface area contributed by atoms with E-state index < -0.39 is 0 Å². The zero-order valence-electron chi connectivity index (χ0n) is 13.8. The Morgan fingerprint density at radius 1 is 1.26 bits per heavy atom. The molecular weight excluding hydrogens is 314 g/mol. The maximum Gasteiger partial charge on any atom is 0.228 e. The van der Waals surface area contributed by atoms with Gasteiger partial charge in [0, 0.05) is 24.3 Å². The van der Waals surface area contributed by atoms with Crippen LogP contribution in [0.2, 0.25) is 0 Å². The van der Waals surface area contributed by atoms with Crippen LogP contribution in [0.3, 0.4) is 0 Å². The summed E-state index contributed by atoms with van der Waals surface area (Å²) in [5.41, 5.74) is 2.42. The number of halogens is 1.